The van der Waals surface area contributed by atoms with Gasteiger partial charge in [-0.3, -0.25) is 4.98 Å². The van der Waals surface area contributed by atoms with E-state index in [1.54, 1.807) is 12.5 Å². The minimum absolute atomic E-state index is 0.200. The minimum Gasteiger partial charge on any atom is -0.472 e. The largest absolute Gasteiger partial charge is 0.472 e. The van der Waals surface area contributed by atoms with Crippen molar-refractivity contribution in [2.75, 3.05) is 6.54 Å². The van der Waals surface area contributed by atoms with Gasteiger partial charge in [-0.25, -0.2) is 0 Å². The first kappa shape index (κ1) is 25.5. The SMILES string of the molecule is C=C(c1ccoc1)N(CCC)C(CCc1nc(C(C)C)c(-c2ccccc2)cc1C)c1ccccc1. The van der Waals surface area contributed by atoms with Gasteiger partial charge in [0.05, 0.1) is 24.3 Å². The van der Waals surface area contributed by atoms with Gasteiger partial charge in [0, 0.05) is 29.1 Å². The molecule has 0 aliphatic carbocycles. The van der Waals surface area contributed by atoms with Crippen LogP contribution in [0.15, 0.2) is 96.3 Å². The molecule has 3 nitrogen and oxygen atoms in total. The van der Waals surface area contributed by atoms with E-state index in [4.69, 9.17) is 9.40 Å². The number of pyridine rings is 1. The fourth-order valence-corrected chi connectivity index (χ4v) is 4.98. The summed E-state index contributed by atoms with van der Waals surface area (Å²) in [6.07, 6.45) is 6.41. The third-order valence-corrected chi connectivity index (χ3v) is 6.86. The van der Waals surface area contributed by atoms with Crippen molar-refractivity contribution in [2.24, 2.45) is 0 Å². The Kier molecular flexibility index (Phi) is 8.43. The van der Waals surface area contributed by atoms with Crippen molar-refractivity contribution in [2.45, 2.75) is 58.9 Å². The smallest absolute Gasteiger partial charge is 0.0995 e. The van der Waals surface area contributed by atoms with Crippen molar-refractivity contribution in [1.29, 1.82) is 0 Å². The lowest BCUT2D eigenvalue weighted by atomic mass is 9.93. The highest BCUT2D eigenvalue weighted by Gasteiger charge is 2.23. The van der Waals surface area contributed by atoms with Crippen LogP contribution in [-0.4, -0.2) is 16.4 Å². The summed E-state index contributed by atoms with van der Waals surface area (Å²) in [5.74, 6) is 0.349. The van der Waals surface area contributed by atoms with E-state index in [2.05, 4.69) is 106 Å². The van der Waals surface area contributed by atoms with Crippen LogP contribution in [0.25, 0.3) is 16.8 Å². The van der Waals surface area contributed by atoms with Crippen LogP contribution in [0, 0.1) is 6.92 Å². The summed E-state index contributed by atoms with van der Waals surface area (Å²) in [6, 6.07) is 25.9. The van der Waals surface area contributed by atoms with Crippen LogP contribution < -0.4 is 0 Å². The number of nitrogens with zero attached hydrogens (tertiary/aromatic N) is 2. The molecular weight excluding hydrogens is 440 g/mol. The Balaban J connectivity index is 1.67. The van der Waals surface area contributed by atoms with E-state index in [1.807, 2.05) is 6.07 Å². The molecule has 1 unspecified atom stereocenters. The Labute approximate surface area is 216 Å². The standard InChI is InChI=1S/C33H38N2O/c1-6-20-35(26(5)29-19-21-36-23-29)32(28-15-11-8-12-16-28)18-17-31-25(4)22-30(33(34-31)24(2)3)27-13-9-7-10-14-27/h7-16,19,21-24,32H,5-6,17-18,20H2,1-4H3. The lowest BCUT2D eigenvalue weighted by Crippen LogP contribution is -2.28. The van der Waals surface area contributed by atoms with Crippen LogP contribution in [0.3, 0.4) is 0 Å². The molecule has 2 aromatic heterocycles. The van der Waals surface area contributed by atoms with E-state index in [-0.39, 0.29) is 6.04 Å². The van der Waals surface area contributed by atoms with Gasteiger partial charge in [-0.05, 0) is 60.9 Å². The first-order chi connectivity index (χ1) is 17.5. The first-order valence-corrected chi connectivity index (χ1v) is 13.1. The zero-order valence-electron chi connectivity index (χ0n) is 22.1. The molecule has 0 saturated heterocycles. The maximum Gasteiger partial charge on any atom is 0.0995 e. The van der Waals surface area contributed by atoms with Gasteiger partial charge >= 0.3 is 0 Å². The Hall–Kier alpha value is -3.59. The molecule has 0 saturated carbocycles. The van der Waals surface area contributed by atoms with Crippen LogP contribution in [0.2, 0.25) is 0 Å². The highest BCUT2D eigenvalue weighted by molar-refractivity contribution is 5.67. The molecule has 186 valence electrons. The number of hydrogen-bond donors (Lipinski definition) is 0. The topological polar surface area (TPSA) is 29.3 Å². The van der Waals surface area contributed by atoms with E-state index < -0.39 is 0 Å². The summed E-state index contributed by atoms with van der Waals surface area (Å²) in [5, 5.41) is 0. The summed E-state index contributed by atoms with van der Waals surface area (Å²) in [6.45, 7) is 14.3. The van der Waals surface area contributed by atoms with Crippen LogP contribution >= 0.6 is 0 Å². The monoisotopic (exact) mass is 478 g/mol. The number of furan rings is 1. The number of aryl methyl sites for hydroxylation is 2. The molecular formula is C33H38N2O. The lowest BCUT2D eigenvalue weighted by Gasteiger charge is -2.35. The maximum absolute atomic E-state index is 5.38. The summed E-state index contributed by atoms with van der Waals surface area (Å²) in [4.78, 5) is 7.70. The quantitative estimate of drug-likeness (QED) is 0.216. The molecule has 4 rings (SSSR count). The first-order valence-electron chi connectivity index (χ1n) is 13.1. The van der Waals surface area contributed by atoms with Gasteiger partial charge in [-0.15, -0.1) is 0 Å². The highest BCUT2D eigenvalue weighted by Crippen LogP contribution is 2.35. The molecule has 0 aliphatic rings. The van der Waals surface area contributed by atoms with Crippen LogP contribution in [0.1, 0.15) is 73.7 Å². The third-order valence-electron chi connectivity index (χ3n) is 6.86. The maximum atomic E-state index is 5.38. The Morgan fingerprint density at radius 3 is 2.31 bits per heavy atom. The van der Waals surface area contributed by atoms with Gasteiger partial charge in [0.25, 0.3) is 0 Å². The van der Waals surface area contributed by atoms with Crippen molar-refractivity contribution >= 4 is 5.70 Å². The molecule has 0 N–H and O–H groups in total. The number of benzene rings is 2. The molecule has 4 aromatic rings. The van der Waals surface area contributed by atoms with Gasteiger partial charge in [0.2, 0.25) is 0 Å². The second-order valence-corrected chi connectivity index (χ2v) is 9.82. The Morgan fingerprint density at radius 1 is 1.00 bits per heavy atom. The molecule has 2 heterocycles. The fourth-order valence-electron chi connectivity index (χ4n) is 4.98. The van der Waals surface area contributed by atoms with Gasteiger partial charge in [0.15, 0.2) is 0 Å². The summed E-state index contributed by atoms with van der Waals surface area (Å²) in [7, 11) is 0. The Bertz CT molecular complexity index is 1240. The molecule has 0 fully saturated rings. The number of rotatable bonds is 11. The van der Waals surface area contributed by atoms with Gasteiger partial charge < -0.3 is 9.32 Å². The second-order valence-electron chi connectivity index (χ2n) is 9.82. The number of aromatic nitrogens is 1. The molecule has 36 heavy (non-hydrogen) atoms. The van der Waals surface area contributed by atoms with Crippen molar-refractivity contribution in [3.63, 3.8) is 0 Å². The van der Waals surface area contributed by atoms with E-state index >= 15 is 0 Å². The molecule has 2 aromatic carbocycles. The van der Waals surface area contributed by atoms with Crippen LogP contribution in [0.5, 0.6) is 0 Å². The minimum atomic E-state index is 0.200. The molecule has 1 atom stereocenters. The second kappa shape index (κ2) is 11.9. The van der Waals surface area contributed by atoms with Crippen molar-refractivity contribution < 1.29 is 4.42 Å². The van der Waals surface area contributed by atoms with Crippen molar-refractivity contribution in [1.82, 2.24) is 9.88 Å². The molecule has 0 amide bonds. The summed E-state index contributed by atoms with van der Waals surface area (Å²) < 4.78 is 5.38. The van der Waals surface area contributed by atoms with E-state index in [1.165, 1.54) is 33.6 Å². The average Bonchev–Trinajstić information content (AvgIpc) is 3.44. The van der Waals surface area contributed by atoms with Gasteiger partial charge in [-0.1, -0.05) is 88.0 Å². The van der Waals surface area contributed by atoms with E-state index in [0.29, 0.717) is 5.92 Å². The Morgan fingerprint density at radius 2 is 1.69 bits per heavy atom. The predicted molar refractivity (Wildman–Crippen MR) is 151 cm³/mol. The molecule has 0 bridgehead atoms. The van der Waals surface area contributed by atoms with Gasteiger partial charge in [0.1, 0.15) is 0 Å². The van der Waals surface area contributed by atoms with Crippen molar-refractivity contribution in [3.8, 4) is 11.1 Å². The lowest BCUT2D eigenvalue weighted by molar-refractivity contribution is 0.283. The average molecular weight is 479 g/mol. The normalized spacial score (nSPS) is 12.0. The van der Waals surface area contributed by atoms with Crippen LogP contribution in [0.4, 0.5) is 0 Å². The van der Waals surface area contributed by atoms with Gasteiger partial charge in [-0.2, -0.15) is 0 Å². The van der Waals surface area contributed by atoms with Crippen LogP contribution in [-0.2, 0) is 6.42 Å². The van der Waals surface area contributed by atoms with E-state index in [9.17, 15) is 0 Å². The molecule has 0 radical (unpaired) electrons. The molecule has 0 aliphatic heterocycles. The number of hydrogen-bond acceptors (Lipinski definition) is 3. The third kappa shape index (κ3) is 5.79. The summed E-state index contributed by atoms with van der Waals surface area (Å²) >= 11 is 0. The molecule has 3 heteroatoms. The fraction of sp³-hybridized carbons (Fsp3) is 0.303. The zero-order chi connectivity index (χ0) is 25.5. The predicted octanol–water partition coefficient (Wildman–Crippen LogP) is 8.83. The van der Waals surface area contributed by atoms with E-state index in [0.717, 1.165) is 37.1 Å². The van der Waals surface area contributed by atoms with Crippen molar-refractivity contribution in [3.05, 3.63) is 120 Å². The zero-order valence-corrected chi connectivity index (χ0v) is 22.1. The molecule has 0 spiro atoms. The summed E-state index contributed by atoms with van der Waals surface area (Å²) in [5.41, 5.74) is 9.43. The highest BCUT2D eigenvalue weighted by atomic mass is 16.3.